The number of benzene rings is 1. The van der Waals surface area contributed by atoms with E-state index >= 15 is 0 Å². The molecule has 1 aromatic carbocycles. The second kappa shape index (κ2) is 12.4. The number of nitrogens with one attached hydrogen (secondary N) is 1. The van der Waals surface area contributed by atoms with Gasteiger partial charge in [-0.1, -0.05) is 13.8 Å². The van der Waals surface area contributed by atoms with Crippen LogP contribution in [0.25, 0.3) is 0 Å². The van der Waals surface area contributed by atoms with E-state index in [1.165, 1.54) is 37.4 Å². The van der Waals surface area contributed by atoms with Crippen LogP contribution >= 0.6 is 0 Å². The summed E-state index contributed by atoms with van der Waals surface area (Å²) in [4.78, 5) is 41.4. The van der Waals surface area contributed by atoms with E-state index in [1.54, 1.807) is 11.1 Å². The number of nitrogens with zero attached hydrogens (tertiary/aromatic N) is 5. The van der Waals surface area contributed by atoms with Crippen LogP contribution in [-0.4, -0.2) is 81.9 Å². The second-order valence-corrected chi connectivity index (χ2v) is 15.7. The third kappa shape index (κ3) is 6.46. The molecule has 250 valence electrons. The van der Waals surface area contributed by atoms with E-state index in [0.29, 0.717) is 23.2 Å². The first-order valence-electron chi connectivity index (χ1n) is 17.2. The molecule has 6 rings (SSSR count). The van der Waals surface area contributed by atoms with Crippen LogP contribution in [0.4, 0.5) is 10.2 Å². The van der Waals surface area contributed by atoms with Gasteiger partial charge in [0, 0.05) is 48.1 Å². The smallest absolute Gasteiger partial charge is 0.258 e. The van der Waals surface area contributed by atoms with E-state index < -0.39 is 5.82 Å². The monoisotopic (exact) mass is 634 g/mol. The Balaban J connectivity index is 1.04. The fourth-order valence-corrected chi connectivity index (χ4v) is 8.60. The molecule has 2 spiro atoms. The van der Waals surface area contributed by atoms with Crippen molar-refractivity contribution < 1.29 is 18.7 Å². The van der Waals surface area contributed by atoms with Gasteiger partial charge in [0.05, 0.1) is 11.8 Å². The van der Waals surface area contributed by atoms with Crippen LogP contribution in [-0.2, 0) is 4.79 Å². The number of hydrogen-bond donors (Lipinski definition) is 1. The van der Waals surface area contributed by atoms with Gasteiger partial charge in [0.2, 0.25) is 5.91 Å². The minimum Gasteiger partial charge on any atom is -0.451 e. The number of rotatable bonds is 8. The van der Waals surface area contributed by atoms with E-state index in [9.17, 15) is 14.0 Å². The summed E-state index contributed by atoms with van der Waals surface area (Å²) < 4.78 is 20.7. The Kier molecular flexibility index (Phi) is 8.80. The highest BCUT2D eigenvalue weighted by Crippen LogP contribution is 2.47. The number of amides is 2. The molecule has 1 aromatic heterocycles. The van der Waals surface area contributed by atoms with Crippen molar-refractivity contribution in [2.24, 2.45) is 16.7 Å². The van der Waals surface area contributed by atoms with Gasteiger partial charge < -0.3 is 24.8 Å². The first-order valence-corrected chi connectivity index (χ1v) is 17.2. The second-order valence-electron chi connectivity index (χ2n) is 15.7. The van der Waals surface area contributed by atoms with Gasteiger partial charge in [0.25, 0.3) is 5.91 Å². The Hall–Kier alpha value is -3.27. The van der Waals surface area contributed by atoms with E-state index in [1.807, 2.05) is 27.7 Å². The molecule has 3 saturated heterocycles. The molecule has 46 heavy (non-hydrogen) atoms. The maximum atomic E-state index is 14.4. The lowest BCUT2D eigenvalue weighted by Crippen LogP contribution is -2.61. The summed E-state index contributed by atoms with van der Waals surface area (Å²) in [6.45, 7) is 17.1. The zero-order valence-electron chi connectivity index (χ0n) is 28.4. The molecular weight excluding hydrogens is 583 g/mol. The lowest BCUT2D eigenvalue weighted by atomic mass is 9.70. The SMILES string of the molecule is CC(C)N(C(=O)c1cc(F)ccc1Oc1cncnc1N1CC2(CCN(C[C@H]3CC[C@]4(CC3)CC(C)(C)C(=O)N4)CC2)C1)C(C)C. The lowest BCUT2D eigenvalue weighted by Gasteiger charge is -2.55. The van der Waals surface area contributed by atoms with Crippen molar-refractivity contribution in [2.75, 3.05) is 37.6 Å². The van der Waals surface area contributed by atoms with Crippen molar-refractivity contribution in [1.82, 2.24) is 25.1 Å². The molecule has 0 unspecified atom stereocenters. The van der Waals surface area contributed by atoms with Gasteiger partial charge in [-0.3, -0.25) is 9.59 Å². The van der Waals surface area contributed by atoms with Crippen molar-refractivity contribution in [3.63, 3.8) is 0 Å². The van der Waals surface area contributed by atoms with Crippen molar-refractivity contribution >= 4 is 17.6 Å². The molecule has 4 aliphatic rings. The third-order valence-corrected chi connectivity index (χ3v) is 11.0. The van der Waals surface area contributed by atoms with Gasteiger partial charge >= 0.3 is 0 Å². The molecule has 3 aliphatic heterocycles. The average Bonchev–Trinajstić information content (AvgIpc) is 3.21. The van der Waals surface area contributed by atoms with Crippen molar-refractivity contribution in [3.05, 3.63) is 42.1 Å². The Labute approximate surface area is 273 Å². The van der Waals surface area contributed by atoms with Crippen LogP contribution in [0.15, 0.2) is 30.7 Å². The zero-order valence-corrected chi connectivity index (χ0v) is 28.4. The van der Waals surface area contributed by atoms with Crippen LogP contribution in [0.5, 0.6) is 11.5 Å². The highest BCUT2D eigenvalue weighted by molar-refractivity contribution is 5.97. The number of hydrogen-bond acceptors (Lipinski definition) is 7. The number of carbonyl (C=O) groups excluding carboxylic acids is 2. The molecule has 1 N–H and O–H groups in total. The lowest BCUT2D eigenvalue weighted by molar-refractivity contribution is -0.126. The molecule has 10 heteroatoms. The van der Waals surface area contributed by atoms with Gasteiger partial charge in [-0.05, 0) is 110 Å². The third-order valence-electron chi connectivity index (χ3n) is 11.0. The predicted octanol–water partition coefficient (Wildman–Crippen LogP) is 6.04. The van der Waals surface area contributed by atoms with Crippen LogP contribution in [0.2, 0.25) is 0 Å². The molecule has 2 aromatic rings. The summed E-state index contributed by atoms with van der Waals surface area (Å²) >= 11 is 0. The maximum Gasteiger partial charge on any atom is 0.258 e. The molecule has 4 heterocycles. The quantitative estimate of drug-likeness (QED) is 0.379. The van der Waals surface area contributed by atoms with Crippen LogP contribution in [0.1, 0.15) is 96.8 Å². The van der Waals surface area contributed by atoms with Gasteiger partial charge in [-0.2, -0.15) is 0 Å². The van der Waals surface area contributed by atoms with E-state index in [2.05, 4.69) is 38.9 Å². The van der Waals surface area contributed by atoms with Crippen LogP contribution < -0.4 is 15.0 Å². The molecular formula is C36H51FN6O3. The minimum atomic E-state index is -0.484. The summed E-state index contributed by atoms with van der Waals surface area (Å²) in [6.07, 6.45) is 11.0. The fraction of sp³-hybridized carbons (Fsp3) is 0.667. The standard InChI is InChI=1S/C36H51FN6O3/c1-24(2)43(25(3)4)32(44)28-17-27(37)7-8-29(28)46-30-18-38-23-39-31(30)42-21-35(22-42)13-15-41(16-14-35)19-26-9-11-36(12-10-26)20-34(5,6)33(45)40-36/h7-8,17-18,23-26H,9-16,19-22H2,1-6H3,(H,40,45)/t26-,36-. The van der Waals surface area contributed by atoms with Crippen LogP contribution in [0.3, 0.4) is 0 Å². The molecule has 0 bridgehead atoms. The molecule has 9 nitrogen and oxygen atoms in total. The fourth-order valence-electron chi connectivity index (χ4n) is 8.60. The topological polar surface area (TPSA) is 90.9 Å². The first kappa shape index (κ1) is 32.7. The van der Waals surface area contributed by atoms with Gasteiger partial charge in [0.1, 0.15) is 17.9 Å². The molecule has 2 amide bonds. The number of piperidine rings is 1. The molecule has 0 radical (unpaired) electrons. The molecule has 4 fully saturated rings. The summed E-state index contributed by atoms with van der Waals surface area (Å²) in [6, 6.07) is 3.99. The average molecular weight is 635 g/mol. The summed E-state index contributed by atoms with van der Waals surface area (Å²) in [5, 5.41) is 3.36. The van der Waals surface area contributed by atoms with Gasteiger partial charge in [-0.15, -0.1) is 0 Å². The van der Waals surface area contributed by atoms with Crippen molar-refractivity contribution in [1.29, 1.82) is 0 Å². The zero-order chi connectivity index (χ0) is 32.9. The molecule has 0 atom stereocenters. The molecule has 1 aliphatic carbocycles. The van der Waals surface area contributed by atoms with Crippen molar-refractivity contribution in [2.45, 2.75) is 104 Å². The molecule has 1 saturated carbocycles. The Bertz CT molecular complexity index is 1430. The van der Waals surface area contributed by atoms with Crippen molar-refractivity contribution in [3.8, 4) is 11.5 Å². The van der Waals surface area contributed by atoms with Gasteiger partial charge in [-0.25, -0.2) is 14.4 Å². The number of likely N-dealkylation sites (tertiary alicyclic amines) is 1. The minimum absolute atomic E-state index is 0.0261. The summed E-state index contributed by atoms with van der Waals surface area (Å²) in [5.41, 5.74) is 0.240. The number of halogens is 1. The summed E-state index contributed by atoms with van der Waals surface area (Å²) in [5.74, 6) is 1.64. The largest absolute Gasteiger partial charge is 0.451 e. The number of aromatic nitrogens is 2. The van der Waals surface area contributed by atoms with E-state index in [4.69, 9.17) is 4.74 Å². The Morgan fingerprint density at radius 1 is 1.07 bits per heavy atom. The first-order chi connectivity index (χ1) is 21.8. The number of ether oxygens (including phenoxy) is 1. The predicted molar refractivity (Wildman–Crippen MR) is 176 cm³/mol. The number of carbonyl (C=O) groups is 2. The van der Waals surface area contributed by atoms with Crippen LogP contribution in [0, 0.1) is 22.6 Å². The Morgan fingerprint density at radius 2 is 1.74 bits per heavy atom. The normalized spacial score (nSPS) is 25.6. The highest BCUT2D eigenvalue weighted by Gasteiger charge is 2.50. The highest BCUT2D eigenvalue weighted by atomic mass is 19.1. The number of anilines is 1. The Morgan fingerprint density at radius 3 is 2.35 bits per heavy atom. The van der Waals surface area contributed by atoms with E-state index in [0.717, 1.165) is 64.8 Å². The maximum absolute atomic E-state index is 14.4. The summed E-state index contributed by atoms with van der Waals surface area (Å²) in [7, 11) is 0. The van der Waals surface area contributed by atoms with E-state index in [-0.39, 0.29) is 45.8 Å². The van der Waals surface area contributed by atoms with Gasteiger partial charge in [0.15, 0.2) is 11.6 Å².